The van der Waals surface area contributed by atoms with Crippen molar-refractivity contribution in [3.05, 3.63) is 34.4 Å². The summed E-state index contributed by atoms with van der Waals surface area (Å²) in [5, 5.41) is 11.5. The molecule has 5 saturated heterocycles. The Kier molecular flexibility index (Phi) is 33.9. The number of nitro groups is 1. The Bertz CT molecular complexity index is 3620. The van der Waals surface area contributed by atoms with Crippen molar-refractivity contribution in [2.24, 2.45) is 0 Å². The lowest BCUT2D eigenvalue weighted by Crippen LogP contribution is -2.70. The number of ether oxygens (including phenoxy) is 26. The van der Waals surface area contributed by atoms with E-state index < -0.39 is 287 Å². The molecule has 0 bridgehead atoms. The molecule has 628 valence electrons. The van der Waals surface area contributed by atoms with Gasteiger partial charge in [-0.15, -0.1) is 0 Å². The van der Waals surface area contributed by atoms with Crippen molar-refractivity contribution in [2.45, 2.75) is 264 Å². The Morgan fingerprint density at radius 3 is 0.637 bits per heavy atom. The number of benzene rings is 1. The van der Waals surface area contributed by atoms with E-state index in [4.69, 9.17) is 123 Å². The molecule has 0 radical (unpaired) electrons. The lowest BCUT2D eigenvalue weighted by atomic mass is 9.94. The van der Waals surface area contributed by atoms with E-state index in [1.54, 1.807) is 0 Å². The Balaban J connectivity index is 1.52. The van der Waals surface area contributed by atoms with Crippen molar-refractivity contribution in [2.75, 3.05) is 33.0 Å². The van der Waals surface area contributed by atoms with Crippen LogP contribution in [0.1, 0.15) is 111 Å². The fourth-order valence-corrected chi connectivity index (χ4v) is 12.2. The fourth-order valence-electron chi connectivity index (χ4n) is 12.2. The van der Waals surface area contributed by atoms with Crippen LogP contribution in [0.4, 0.5) is 5.69 Å². The zero-order valence-corrected chi connectivity index (χ0v) is 63.7. The van der Waals surface area contributed by atoms with Crippen molar-refractivity contribution >= 4 is 101 Å². The first-order valence-corrected chi connectivity index (χ1v) is 34.4. The Morgan fingerprint density at radius 2 is 0.434 bits per heavy atom. The van der Waals surface area contributed by atoms with E-state index in [0.717, 1.165) is 135 Å². The SMILES string of the molecule is CC(=O)OC[C@H]1O[C@@H](O[C@H]2[C@H](OC(C)=O)[C@@H](OC(C)=O)[C@H](O[C@H]3[C@H](OC(C)=O)[C@@H](OC(C)=O)[C@H](O[C@H]4[C@H](OC(C)=O)[C@@H](OC(C)=O)[C@H](O[C@H]5[C@H](OC(C)=O)[C@@H](OC(C)=O)[C@H](Oc6ccc([N+](=O)[O-])cc6)O[C@@H]5COC(C)=O)O[C@@H]4COC(C)=O)O[C@@H]3COC(C)=O)O[C@@H]2COC(C)=O)[C@H](OC(C)=O)[C@@H](OC(C)=O)[C@@H]1OC(C)=O. The van der Waals surface area contributed by atoms with Gasteiger partial charge in [0.25, 0.3) is 5.69 Å². The first-order chi connectivity index (χ1) is 53.0. The summed E-state index contributed by atoms with van der Waals surface area (Å²) in [4.78, 5) is 220. The summed E-state index contributed by atoms with van der Waals surface area (Å²) in [5.41, 5.74) is -0.385. The quantitative estimate of drug-likeness (QED) is 0.0369. The second-order valence-electron chi connectivity index (χ2n) is 25.3. The van der Waals surface area contributed by atoms with Gasteiger partial charge in [0.2, 0.25) is 12.4 Å². The number of carbonyl (C=O) groups is 16. The number of nitro benzene ring substituents is 1. The van der Waals surface area contributed by atoms with E-state index in [-0.39, 0.29) is 11.4 Å². The topological polar surface area (TPSA) is 556 Å². The van der Waals surface area contributed by atoms with Crippen molar-refractivity contribution in [3.63, 3.8) is 0 Å². The van der Waals surface area contributed by atoms with Crippen LogP contribution < -0.4 is 4.74 Å². The Labute approximate surface area is 641 Å². The Hall–Kier alpha value is -10.4. The van der Waals surface area contributed by atoms with Crippen LogP contribution in [0.3, 0.4) is 0 Å². The average Bonchev–Trinajstić information content (AvgIpc) is 0.759. The second-order valence-corrected chi connectivity index (χ2v) is 25.3. The summed E-state index contributed by atoms with van der Waals surface area (Å²) in [6.07, 6.45) is -51.8. The predicted molar refractivity (Wildman–Crippen MR) is 351 cm³/mol. The molecule has 0 aromatic heterocycles. The minimum Gasteiger partial charge on any atom is -0.463 e. The lowest BCUT2D eigenvalue weighted by molar-refractivity contribution is -0.392. The zero-order valence-electron chi connectivity index (χ0n) is 63.7. The maximum atomic E-state index is 13.7. The van der Waals surface area contributed by atoms with Crippen LogP contribution in [0.25, 0.3) is 0 Å². The molecule has 5 heterocycles. The largest absolute Gasteiger partial charge is 0.463 e. The first kappa shape index (κ1) is 91.5. The highest BCUT2D eigenvalue weighted by atomic mass is 16.8. The first-order valence-electron chi connectivity index (χ1n) is 34.4. The van der Waals surface area contributed by atoms with Gasteiger partial charge in [-0.05, 0) is 12.1 Å². The number of carbonyl (C=O) groups excluding carboxylic acids is 16. The lowest BCUT2D eigenvalue weighted by Gasteiger charge is -2.51. The van der Waals surface area contributed by atoms with E-state index in [0.29, 0.717) is 0 Å². The minimum atomic E-state index is -2.36. The summed E-state index contributed by atoms with van der Waals surface area (Å²) in [7, 11) is 0. The van der Waals surface area contributed by atoms with Gasteiger partial charge in [-0.3, -0.25) is 86.8 Å². The molecule has 0 unspecified atom stereocenters. The second kappa shape index (κ2) is 41.9. The molecular weight excluding hydrogens is 1530 g/mol. The standard InChI is InChI=1S/C68H87NO44/c1-26(70)88-21-44-49(93-31(6)75)54(94-32(7)76)60(100-38(13)82)65(106-44)111-51-46(23-90-28(3)72)108-67(62(102-40(15)84)56(51)96-34(9)78)113-53-48(25-92-30(5)74)109-68(63(103-41(16)85)58(53)98-36(11)80)112-52-47(24-91-29(4)73)107-66(61(101-39(14)83)57(52)97-35(10)79)110-50-45(22-89-27(2)71)105-64(59(99-37(12)81)55(50)95-33(8)77)104-43-19-17-42(18-20-43)69(86)87/h17-20,44-68H,21-25H2,1-16H3/t44-,45-,46-,47-,48-,49-,50-,51-,52-,53-,54+,55+,56+,57+,58+,59-,60-,61-,62-,63-,64-,65+,66+,67+,68+/m1/s1. The van der Waals surface area contributed by atoms with Gasteiger partial charge in [0.05, 0.1) is 4.92 Å². The molecule has 113 heavy (non-hydrogen) atoms. The number of hydrogen-bond donors (Lipinski definition) is 0. The third-order valence-corrected chi connectivity index (χ3v) is 16.0. The van der Waals surface area contributed by atoms with Crippen LogP contribution in [-0.4, -0.2) is 287 Å². The zero-order chi connectivity index (χ0) is 84.2. The van der Waals surface area contributed by atoms with Gasteiger partial charge in [0.15, 0.2) is 86.2 Å². The molecule has 1 aromatic carbocycles. The summed E-state index contributed by atoms with van der Waals surface area (Å²) in [5.74, 6) is -17.9. The number of esters is 16. The summed E-state index contributed by atoms with van der Waals surface area (Å²) in [6, 6.07) is 4.34. The van der Waals surface area contributed by atoms with Gasteiger partial charge in [0, 0.05) is 123 Å². The number of hydrogen-bond acceptors (Lipinski definition) is 44. The van der Waals surface area contributed by atoms with Gasteiger partial charge in [-0.1, -0.05) is 0 Å². The number of non-ortho nitro benzene ring substituents is 1. The average molecular weight is 1620 g/mol. The summed E-state index contributed by atoms with van der Waals surface area (Å²) >= 11 is 0. The van der Waals surface area contributed by atoms with Crippen molar-refractivity contribution in [1.29, 1.82) is 0 Å². The third-order valence-electron chi connectivity index (χ3n) is 16.0. The smallest absolute Gasteiger partial charge is 0.303 e. The predicted octanol–water partition coefficient (Wildman–Crippen LogP) is -0.797. The van der Waals surface area contributed by atoms with Gasteiger partial charge in [-0.25, -0.2) is 0 Å². The van der Waals surface area contributed by atoms with Crippen LogP contribution in [0.15, 0.2) is 24.3 Å². The number of rotatable bonds is 32. The monoisotopic (exact) mass is 1620 g/mol. The fraction of sp³-hybridized carbons (Fsp3) is 0.676. The molecule has 0 saturated carbocycles. The number of nitrogens with zero attached hydrogens (tertiary/aromatic N) is 1. The van der Waals surface area contributed by atoms with Gasteiger partial charge >= 0.3 is 95.5 Å². The molecule has 0 amide bonds. The maximum absolute atomic E-state index is 13.7. The molecule has 0 aliphatic carbocycles. The minimum absolute atomic E-state index is 0.164. The molecule has 45 nitrogen and oxygen atoms in total. The molecule has 0 spiro atoms. The van der Waals surface area contributed by atoms with E-state index in [1.165, 1.54) is 0 Å². The van der Waals surface area contributed by atoms with Crippen LogP contribution in [0, 0.1) is 10.1 Å². The van der Waals surface area contributed by atoms with Crippen LogP contribution in [-0.2, 0) is 195 Å². The molecule has 5 aliphatic heterocycles. The van der Waals surface area contributed by atoms with Crippen molar-refractivity contribution in [3.8, 4) is 5.75 Å². The van der Waals surface area contributed by atoms with E-state index >= 15 is 0 Å². The molecule has 1 aromatic rings. The van der Waals surface area contributed by atoms with Gasteiger partial charge < -0.3 is 123 Å². The maximum Gasteiger partial charge on any atom is 0.303 e. The highest BCUT2D eigenvalue weighted by Gasteiger charge is 2.63. The van der Waals surface area contributed by atoms with E-state index in [9.17, 15) is 86.8 Å². The van der Waals surface area contributed by atoms with Crippen molar-refractivity contribution < 1.29 is 205 Å². The summed E-state index contributed by atoms with van der Waals surface area (Å²) in [6.45, 7) is 9.73. The van der Waals surface area contributed by atoms with Crippen LogP contribution in [0.2, 0.25) is 0 Å². The molecule has 0 N–H and O–H groups in total. The van der Waals surface area contributed by atoms with Crippen LogP contribution >= 0.6 is 0 Å². The normalized spacial score (nSPS) is 31.2. The molecule has 5 aliphatic rings. The van der Waals surface area contributed by atoms with Gasteiger partial charge in [0.1, 0.15) is 93.7 Å². The highest BCUT2D eigenvalue weighted by Crippen LogP contribution is 2.42. The highest BCUT2D eigenvalue weighted by molar-refractivity contribution is 5.72. The molecule has 45 heteroatoms. The van der Waals surface area contributed by atoms with Crippen molar-refractivity contribution in [1.82, 2.24) is 0 Å². The summed E-state index contributed by atoms with van der Waals surface area (Å²) < 4.78 is 154. The molecule has 25 atom stereocenters. The molecular formula is C68H87NO44. The molecule has 5 fully saturated rings. The van der Waals surface area contributed by atoms with E-state index in [1.807, 2.05) is 0 Å². The van der Waals surface area contributed by atoms with Crippen LogP contribution in [0.5, 0.6) is 5.75 Å². The Morgan fingerprint density at radius 1 is 0.257 bits per heavy atom. The molecule has 6 rings (SSSR count). The third kappa shape index (κ3) is 27.2. The van der Waals surface area contributed by atoms with E-state index in [2.05, 4.69) is 0 Å². The van der Waals surface area contributed by atoms with Gasteiger partial charge in [-0.2, -0.15) is 0 Å².